The van der Waals surface area contributed by atoms with Crippen molar-refractivity contribution in [2.45, 2.75) is 5.37 Å². The number of thioether (sulfide) groups is 1. The Morgan fingerprint density at radius 1 is 1.30 bits per heavy atom. The van der Waals surface area contributed by atoms with E-state index in [9.17, 15) is 9.18 Å². The SMILES string of the molecule is COc1ccc(NC(=O)N2CCSC2c2cccc(F)c2)cc1. The Labute approximate surface area is 138 Å². The summed E-state index contributed by atoms with van der Waals surface area (Å²) in [6.07, 6.45) is 0. The number of hydrogen-bond donors (Lipinski definition) is 1. The lowest BCUT2D eigenvalue weighted by molar-refractivity contribution is 0.214. The number of hydrogen-bond acceptors (Lipinski definition) is 3. The van der Waals surface area contributed by atoms with E-state index in [0.29, 0.717) is 12.2 Å². The standard InChI is InChI=1S/C17H17FN2O2S/c1-22-15-7-5-14(6-8-15)19-17(21)20-9-10-23-16(20)12-3-2-4-13(18)11-12/h2-8,11,16H,9-10H2,1H3,(H,19,21). The molecule has 120 valence electrons. The Morgan fingerprint density at radius 3 is 2.78 bits per heavy atom. The predicted octanol–water partition coefficient (Wildman–Crippen LogP) is 4.11. The molecule has 1 aliphatic heterocycles. The molecule has 1 unspecified atom stereocenters. The maximum atomic E-state index is 13.4. The molecule has 1 aliphatic rings. The van der Waals surface area contributed by atoms with Crippen molar-refractivity contribution in [2.24, 2.45) is 0 Å². The summed E-state index contributed by atoms with van der Waals surface area (Å²) in [6, 6.07) is 13.4. The van der Waals surface area contributed by atoms with Crippen LogP contribution in [0, 0.1) is 5.82 Å². The fourth-order valence-electron chi connectivity index (χ4n) is 2.48. The van der Waals surface area contributed by atoms with Crippen molar-refractivity contribution in [3.05, 3.63) is 59.9 Å². The smallest absolute Gasteiger partial charge is 0.323 e. The molecule has 1 atom stereocenters. The molecule has 2 amide bonds. The Hall–Kier alpha value is -2.21. The summed E-state index contributed by atoms with van der Waals surface area (Å²) in [5, 5.41) is 2.71. The van der Waals surface area contributed by atoms with E-state index in [-0.39, 0.29) is 17.2 Å². The van der Waals surface area contributed by atoms with E-state index in [1.54, 1.807) is 54.1 Å². The summed E-state index contributed by atoms with van der Waals surface area (Å²) < 4.78 is 18.5. The Morgan fingerprint density at radius 2 is 2.09 bits per heavy atom. The maximum absolute atomic E-state index is 13.4. The normalized spacial score (nSPS) is 17.1. The van der Waals surface area contributed by atoms with Gasteiger partial charge in [0, 0.05) is 18.0 Å². The fourth-order valence-corrected chi connectivity index (χ4v) is 3.73. The average Bonchev–Trinajstić information content (AvgIpc) is 3.05. The van der Waals surface area contributed by atoms with Crippen molar-refractivity contribution < 1.29 is 13.9 Å². The third-order valence-electron chi connectivity index (χ3n) is 3.63. The van der Waals surface area contributed by atoms with Gasteiger partial charge in [0.05, 0.1) is 7.11 Å². The van der Waals surface area contributed by atoms with E-state index in [1.165, 1.54) is 12.1 Å². The second-order valence-electron chi connectivity index (χ2n) is 5.13. The van der Waals surface area contributed by atoms with E-state index in [1.807, 2.05) is 6.07 Å². The molecule has 3 rings (SSSR count). The van der Waals surface area contributed by atoms with Crippen molar-refractivity contribution >= 4 is 23.5 Å². The quantitative estimate of drug-likeness (QED) is 0.919. The van der Waals surface area contributed by atoms with Crippen LogP contribution in [0.5, 0.6) is 5.75 Å². The molecule has 6 heteroatoms. The maximum Gasteiger partial charge on any atom is 0.323 e. The number of methoxy groups -OCH3 is 1. The molecular formula is C17H17FN2O2S. The zero-order valence-corrected chi connectivity index (χ0v) is 13.5. The van der Waals surface area contributed by atoms with E-state index >= 15 is 0 Å². The zero-order valence-electron chi connectivity index (χ0n) is 12.7. The van der Waals surface area contributed by atoms with Gasteiger partial charge in [-0.25, -0.2) is 9.18 Å². The van der Waals surface area contributed by atoms with Crippen LogP contribution in [-0.4, -0.2) is 30.3 Å². The second kappa shape index (κ2) is 6.91. The lowest BCUT2D eigenvalue weighted by atomic mass is 10.2. The van der Waals surface area contributed by atoms with Gasteiger partial charge < -0.3 is 15.0 Å². The molecule has 0 spiro atoms. The van der Waals surface area contributed by atoms with Crippen LogP contribution in [0.15, 0.2) is 48.5 Å². The minimum Gasteiger partial charge on any atom is -0.497 e. The van der Waals surface area contributed by atoms with Crippen LogP contribution in [0.4, 0.5) is 14.9 Å². The monoisotopic (exact) mass is 332 g/mol. The molecular weight excluding hydrogens is 315 g/mol. The van der Waals surface area contributed by atoms with Gasteiger partial charge in [0.2, 0.25) is 0 Å². The minimum atomic E-state index is -0.287. The van der Waals surface area contributed by atoms with E-state index in [2.05, 4.69) is 5.32 Å². The second-order valence-corrected chi connectivity index (χ2v) is 6.32. The van der Waals surface area contributed by atoms with Gasteiger partial charge in [-0.2, -0.15) is 0 Å². The third-order valence-corrected chi connectivity index (χ3v) is 4.89. The van der Waals surface area contributed by atoms with Crippen molar-refractivity contribution in [3.8, 4) is 5.75 Å². The average molecular weight is 332 g/mol. The van der Waals surface area contributed by atoms with Crippen molar-refractivity contribution in [1.29, 1.82) is 0 Å². The summed E-state index contributed by atoms with van der Waals surface area (Å²) in [7, 11) is 1.60. The Kier molecular flexibility index (Phi) is 4.71. The summed E-state index contributed by atoms with van der Waals surface area (Å²) in [5.41, 5.74) is 1.50. The molecule has 23 heavy (non-hydrogen) atoms. The van der Waals surface area contributed by atoms with Crippen LogP contribution >= 0.6 is 11.8 Å². The number of urea groups is 1. The predicted molar refractivity (Wildman–Crippen MR) is 90.3 cm³/mol. The molecule has 1 N–H and O–H groups in total. The van der Waals surface area contributed by atoms with Crippen LogP contribution < -0.4 is 10.1 Å². The third kappa shape index (κ3) is 3.59. The number of anilines is 1. The van der Waals surface area contributed by atoms with Crippen LogP contribution in [-0.2, 0) is 0 Å². The van der Waals surface area contributed by atoms with Gasteiger partial charge in [0.15, 0.2) is 0 Å². The number of ether oxygens (including phenoxy) is 1. The number of nitrogens with zero attached hydrogens (tertiary/aromatic N) is 1. The van der Waals surface area contributed by atoms with Gasteiger partial charge in [-0.05, 0) is 42.0 Å². The van der Waals surface area contributed by atoms with Gasteiger partial charge in [0.25, 0.3) is 0 Å². The largest absolute Gasteiger partial charge is 0.497 e. The summed E-state index contributed by atoms with van der Waals surface area (Å²) >= 11 is 1.64. The van der Waals surface area contributed by atoms with E-state index in [0.717, 1.165) is 17.1 Å². The highest BCUT2D eigenvalue weighted by molar-refractivity contribution is 7.99. The van der Waals surface area contributed by atoms with E-state index < -0.39 is 0 Å². The van der Waals surface area contributed by atoms with Crippen molar-refractivity contribution in [2.75, 3.05) is 24.7 Å². The zero-order chi connectivity index (χ0) is 16.2. The highest BCUT2D eigenvalue weighted by Gasteiger charge is 2.30. The number of amides is 2. The minimum absolute atomic E-state index is 0.163. The van der Waals surface area contributed by atoms with Crippen LogP contribution in [0.1, 0.15) is 10.9 Å². The van der Waals surface area contributed by atoms with Crippen molar-refractivity contribution in [1.82, 2.24) is 4.90 Å². The molecule has 0 bridgehead atoms. The first-order valence-electron chi connectivity index (χ1n) is 7.26. The lowest BCUT2D eigenvalue weighted by Crippen LogP contribution is -2.34. The first-order chi connectivity index (χ1) is 11.2. The summed E-state index contributed by atoms with van der Waals surface area (Å²) in [4.78, 5) is 14.2. The molecule has 4 nitrogen and oxygen atoms in total. The van der Waals surface area contributed by atoms with Gasteiger partial charge in [-0.3, -0.25) is 0 Å². The summed E-state index contributed by atoms with van der Waals surface area (Å²) in [6.45, 7) is 0.633. The molecule has 0 saturated carbocycles. The van der Waals surface area contributed by atoms with Gasteiger partial charge in [-0.1, -0.05) is 12.1 Å². The molecule has 2 aromatic carbocycles. The van der Waals surface area contributed by atoms with Crippen LogP contribution in [0.2, 0.25) is 0 Å². The van der Waals surface area contributed by atoms with Gasteiger partial charge in [-0.15, -0.1) is 11.8 Å². The molecule has 0 aromatic heterocycles. The number of nitrogens with one attached hydrogen (secondary N) is 1. The highest BCUT2D eigenvalue weighted by atomic mass is 32.2. The van der Waals surface area contributed by atoms with Crippen LogP contribution in [0.25, 0.3) is 0 Å². The molecule has 0 radical (unpaired) electrons. The number of carbonyl (C=O) groups is 1. The molecule has 1 fully saturated rings. The molecule has 1 saturated heterocycles. The Bertz CT molecular complexity index is 693. The number of rotatable bonds is 3. The molecule has 1 heterocycles. The number of halogens is 1. The van der Waals surface area contributed by atoms with Crippen molar-refractivity contribution in [3.63, 3.8) is 0 Å². The van der Waals surface area contributed by atoms with Crippen LogP contribution in [0.3, 0.4) is 0 Å². The molecule has 0 aliphatic carbocycles. The number of benzene rings is 2. The number of carbonyl (C=O) groups excluding carboxylic acids is 1. The van der Waals surface area contributed by atoms with Gasteiger partial charge in [0.1, 0.15) is 16.9 Å². The first kappa shape index (κ1) is 15.7. The first-order valence-corrected chi connectivity index (χ1v) is 8.31. The van der Waals surface area contributed by atoms with E-state index in [4.69, 9.17) is 4.74 Å². The molecule has 2 aromatic rings. The highest BCUT2D eigenvalue weighted by Crippen LogP contribution is 2.38. The Balaban J connectivity index is 1.72. The fraction of sp³-hybridized carbons (Fsp3) is 0.235. The van der Waals surface area contributed by atoms with Gasteiger partial charge >= 0.3 is 6.03 Å². The lowest BCUT2D eigenvalue weighted by Gasteiger charge is -2.24. The topological polar surface area (TPSA) is 41.6 Å². The summed E-state index contributed by atoms with van der Waals surface area (Å²) in [5.74, 6) is 1.28.